The van der Waals surface area contributed by atoms with Crippen molar-refractivity contribution in [3.05, 3.63) is 47.3 Å². The Kier molecular flexibility index (Phi) is 3.98. The van der Waals surface area contributed by atoms with Crippen LogP contribution in [0, 0.1) is 12.3 Å². The van der Waals surface area contributed by atoms with Crippen molar-refractivity contribution in [1.82, 2.24) is 9.97 Å². The average molecular weight is 270 g/mol. The van der Waals surface area contributed by atoms with Gasteiger partial charge in [-0.25, -0.2) is 4.98 Å². The summed E-state index contributed by atoms with van der Waals surface area (Å²) in [6.45, 7) is 6.22. The lowest BCUT2D eigenvalue weighted by Crippen LogP contribution is -2.13. The number of nitrogens with zero attached hydrogens (tertiary/aromatic N) is 2. The zero-order chi connectivity index (χ0) is 14.7. The lowest BCUT2D eigenvalue weighted by Gasteiger charge is -2.11. The second-order valence-corrected chi connectivity index (χ2v) is 4.92. The molecule has 0 aliphatic heterocycles. The van der Waals surface area contributed by atoms with Crippen molar-refractivity contribution in [2.45, 2.75) is 26.7 Å². The molecule has 0 fully saturated rings. The first kappa shape index (κ1) is 14.0. The van der Waals surface area contributed by atoms with E-state index in [1.165, 1.54) is 11.8 Å². The van der Waals surface area contributed by atoms with Crippen molar-refractivity contribution in [3.8, 4) is 11.8 Å². The number of aromatic nitrogens is 2. The van der Waals surface area contributed by atoms with E-state index < -0.39 is 0 Å². The van der Waals surface area contributed by atoms with Gasteiger partial charge in [-0.15, -0.1) is 0 Å². The predicted octanol–water partition coefficient (Wildman–Crippen LogP) is 2.98. The van der Waals surface area contributed by atoms with Crippen LogP contribution in [-0.2, 0) is 0 Å². The smallest absolute Gasteiger partial charge is 0.322 e. The normalized spacial score (nSPS) is 10.6. The average Bonchev–Trinajstić information content (AvgIpc) is 2.41. The quantitative estimate of drug-likeness (QED) is 0.660. The third-order valence-electron chi connectivity index (χ3n) is 2.99. The molecule has 5 heteroatoms. The van der Waals surface area contributed by atoms with Gasteiger partial charge in [-0.05, 0) is 36.1 Å². The Morgan fingerprint density at radius 1 is 1.30 bits per heavy atom. The Morgan fingerprint density at radius 3 is 2.70 bits per heavy atom. The van der Waals surface area contributed by atoms with Crippen LogP contribution >= 0.6 is 0 Å². The maximum absolute atomic E-state index is 7.38. The number of hydrogen-bond acceptors (Lipinski definition) is 4. The Bertz CT molecular complexity index is 638. The van der Waals surface area contributed by atoms with Crippen LogP contribution in [-0.4, -0.2) is 15.8 Å². The number of nitrogens with one attached hydrogen (secondary N) is 1. The van der Waals surface area contributed by atoms with Crippen molar-refractivity contribution >= 4 is 5.84 Å². The second-order valence-electron chi connectivity index (χ2n) is 4.92. The molecule has 0 unspecified atom stereocenters. The minimum atomic E-state index is -0.107. The Labute approximate surface area is 118 Å². The molecule has 1 heterocycles. The maximum Gasteiger partial charge on any atom is 0.322 e. The third-order valence-corrected chi connectivity index (χ3v) is 2.99. The fourth-order valence-corrected chi connectivity index (χ4v) is 1.72. The third kappa shape index (κ3) is 3.12. The largest absolute Gasteiger partial charge is 0.424 e. The van der Waals surface area contributed by atoms with Crippen LogP contribution in [0.2, 0.25) is 0 Å². The Balaban J connectivity index is 2.32. The first-order valence-electron chi connectivity index (χ1n) is 6.43. The van der Waals surface area contributed by atoms with Crippen molar-refractivity contribution in [2.75, 3.05) is 0 Å². The molecule has 5 nitrogen and oxygen atoms in total. The lowest BCUT2D eigenvalue weighted by atomic mass is 10.0. The van der Waals surface area contributed by atoms with Gasteiger partial charge in [-0.1, -0.05) is 26.0 Å². The minimum absolute atomic E-state index is 0.107. The molecule has 0 aliphatic carbocycles. The van der Waals surface area contributed by atoms with Crippen LogP contribution in [0.1, 0.15) is 36.6 Å². The summed E-state index contributed by atoms with van der Waals surface area (Å²) >= 11 is 0. The maximum atomic E-state index is 7.38. The first-order valence-corrected chi connectivity index (χ1v) is 6.43. The zero-order valence-electron chi connectivity index (χ0n) is 11.8. The summed E-state index contributed by atoms with van der Waals surface area (Å²) < 4.78 is 5.72. The van der Waals surface area contributed by atoms with Crippen LogP contribution in [0.3, 0.4) is 0 Å². The number of amidine groups is 1. The number of ether oxygens (including phenoxy) is 1. The number of rotatable bonds is 4. The topological polar surface area (TPSA) is 84.9 Å². The van der Waals surface area contributed by atoms with Gasteiger partial charge in [0.25, 0.3) is 0 Å². The molecule has 0 amide bonds. The SMILES string of the molecule is Cc1ccc(C(C)C)cc1Oc1nccc(C(=N)N)n1. The number of benzene rings is 1. The number of hydrogen-bond donors (Lipinski definition) is 2. The zero-order valence-corrected chi connectivity index (χ0v) is 11.8. The highest BCUT2D eigenvalue weighted by Crippen LogP contribution is 2.27. The van der Waals surface area contributed by atoms with E-state index in [0.29, 0.717) is 11.6 Å². The summed E-state index contributed by atoms with van der Waals surface area (Å²) in [6, 6.07) is 7.86. The molecule has 0 saturated carbocycles. The molecule has 0 bridgehead atoms. The van der Waals surface area contributed by atoms with Gasteiger partial charge in [0.1, 0.15) is 17.3 Å². The van der Waals surface area contributed by atoms with Crippen molar-refractivity contribution in [2.24, 2.45) is 5.73 Å². The predicted molar refractivity (Wildman–Crippen MR) is 78.4 cm³/mol. The van der Waals surface area contributed by atoms with Crippen molar-refractivity contribution in [1.29, 1.82) is 5.41 Å². The summed E-state index contributed by atoms with van der Waals surface area (Å²) in [5.74, 6) is 1.03. The van der Waals surface area contributed by atoms with Gasteiger partial charge in [0.2, 0.25) is 0 Å². The van der Waals surface area contributed by atoms with Gasteiger partial charge in [0.15, 0.2) is 0 Å². The Hall–Kier alpha value is -2.43. The molecular weight excluding hydrogens is 252 g/mol. The van der Waals surface area contributed by atoms with E-state index in [0.717, 1.165) is 11.3 Å². The van der Waals surface area contributed by atoms with Crippen molar-refractivity contribution < 1.29 is 4.74 Å². The van der Waals surface area contributed by atoms with Crippen molar-refractivity contribution in [3.63, 3.8) is 0 Å². The standard InChI is InChI=1S/C15H18N4O/c1-9(2)11-5-4-10(3)13(8-11)20-15-18-7-6-12(19-15)14(16)17/h4-9H,1-3H3,(H3,16,17). The monoisotopic (exact) mass is 270 g/mol. The molecule has 0 aliphatic rings. The van der Waals surface area contributed by atoms with Crippen LogP contribution in [0.15, 0.2) is 30.5 Å². The fourth-order valence-electron chi connectivity index (χ4n) is 1.72. The van der Waals surface area contributed by atoms with E-state index in [1.807, 2.05) is 19.1 Å². The molecule has 2 rings (SSSR count). The molecular formula is C15H18N4O. The molecule has 20 heavy (non-hydrogen) atoms. The molecule has 2 aromatic rings. The number of nitrogens with two attached hydrogens (primary N) is 1. The Morgan fingerprint density at radius 2 is 2.05 bits per heavy atom. The molecule has 1 aromatic carbocycles. The van der Waals surface area contributed by atoms with E-state index in [1.54, 1.807) is 6.07 Å². The summed E-state index contributed by atoms with van der Waals surface area (Å²) in [6.07, 6.45) is 1.53. The molecule has 0 radical (unpaired) electrons. The molecule has 0 spiro atoms. The highest BCUT2D eigenvalue weighted by molar-refractivity contribution is 5.92. The van der Waals surface area contributed by atoms with Gasteiger partial charge in [0, 0.05) is 6.20 Å². The molecule has 0 saturated heterocycles. The molecule has 3 N–H and O–H groups in total. The fraction of sp³-hybridized carbons (Fsp3) is 0.267. The summed E-state index contributed by atoms with van der Waals surface area (Å²) in [5, 5.41) is 7.38. The first-order chi connectivity index (χ1) is 9.47. The summed E-state index contributed by atoms with van der Waals surface area (Å²) in [7, 11) is 0. The van der Waals surface area contributed by atoms with E-state index in [2.05, 4.69) is 29.9 Å². The van der Waals surface area contributed by atoms with Crippen LogP contribution in [0.5, 0.6) is 11.8 Å². The minimum Gasteiger partial charge on any atom is -0.424 e. The number of aryl methyl sites for hydroxylation is 1. The highest BCUT2D eigenvalue weighted by Gasteiger charge is 2.08. The van der Waals surface area contributed by atoms with Gasteiger partial charge >= 0.3 is 6.01 Å². The van der Waals surface area contributed by atoms with E-state index >= 15 is 0 Å². The summed E-state index contributed by atoms with van der Waals surface area (Å²) in [4.78, 5) is 8.15. The van der Waals surface area contributed by atoms with E-state index in [9.17, 15) is 0 Å². The number of nitrogen functional groups attached to an aromatic ring is 1. The summed E-state index contributed by atoms with van der Waals surface area (Å²) in [5.41, 5.74) is 7.96. The second kappa shape index (κ2) is 5.69. The van der Waals surface area contributed by atoms with Gasteiger partial charge in [-0.2, -0.15) is 4.98 Å². The highest BCUT2D eigenvalue weighted by atomic mass is 16.5. The van der Waals surface area contributed by atoms with Crippen LogP contribution < -0.4 is 10.5 Å². The molecule has 1 aromatic heterocycles. The van der Waals surface area contributed by atoms with Gasteiger partial charge < -0.3 is 10.5 Å². The van der Waals surface area contributed by atoms with Gasteiger partial charge in [-0.3, -0.25) is 5.41 Å². The molecule has 104 valence electrons. The lowest BCUT2D eigenvalue weighted by molar-refractivity contribution is 0.437. The van der Waals surface area contributed by atoms with E-state index in [4.69, 9.17) is 15.9 Å². The van der Waals surface area contributed by atoms with Crippen LogP contribution in [0.25, 0.3) is 0 Å². The molecule has 0 atom stereocenters. The van der Waals surface area contributed by atoms with Gasteiger partial charge in [0.05, 0.1) is 0 Å². The van der Waals surface area contributed by atoms with Crippen LogP contribution in [0.4, 0.5) is 0 Å². The van der Waals surface area contributed by atoms with E-state index in [-0.39, 0.29) is 11.8 Å².